The molecule has 4 heteroatoms. The molecule has 1 amide bonds. The Bertz CT molecular complexity index is 459. The standard InChI is InChI=1S/C14H20N2OS/c1-9(2)16(4)8-11-5-6-13-12(7-11)15-14(17)10(3)18-13/h5-7,9-10H,8H2,1-4H3,(H,15,17). The average molecular weight is 264 g/mol. The molecule has 3 nitrogen and oxygen atoms in total. The van der Waals surface area contributed by atoms with Gasteiger partial charge in [0, 0.05) is 17.5 Å². The van der Waals surface area contributed by atoms with Crippen LogP contribution in [0.4, 0.5) is 5.69 Å². The monoisotopic (exact) mass is 264 g/mol. The molecule has 0 fully saturated rings. The molecule has 0 spiro atoms. The van der Waals surface area contributed by atoms with Crippen molar-refractivity contribution in [3.63, 3.8) is 0 Å². The topological polar surface area (TPSA) is 32.3 Å². The number of carbonyl (C=O) groups excluding carboxylic acids is 1. The van der Waals surface area contributed by atoms with Gasteiger partial charge in [0.15, 0.2) is 0 Å². The van der Waals surface area contributed by atoms with E-state index in [-0.39, 0.29) is 11.2 Å². The third-order valence-electron chi connectivity index (χ3n) is 3.29. The number of benzene rings is 1. The zero-order valence-corrected chi connectivity index (χ0v) is 12.2. The molecule has 0 aromatic heterocycles. The molecule has 1 N–H and O–H groups in total. The number of anilines is 1. The van der Waals surface area contributed by atoms with Gasteiger partial charge in [-0.05, 0) is 45.5 Å². The fourth-order valence-corrected chi connectivity index (χ4v) is 2.76. The molecule has 2 rings (SSSR count). The molecule has 1 atom stereocenters. The lowest BCUT2D eigenvalue weighted by Crippen LogP contribution is -2.27. The van der Waals surface area contributed by atoms with Crippen LogP contribution in [-0.2, 0) is 11.3 Å². The lowest BCUT2D eigenvalue weighted by molar-refractivity contribution is -0.115. The Hall–Kier alpha value is -1.00. The van der Waals surface area contributed by atoms with E-state index < -0.39 is 0 Å². The van der Waals surface area contributed by atoms with Gasteiger partial charge in [-0.3, -0.25) is 9.69 Å². The van der Waals surface area contributed by atoms with Gasteiger partial charge in [0.05, 0.1) is 10.9 Å². The van der Waals surface area contributed by atoms with Gasteiger partial charge in [-0.2, -0.15) is 0 Å². The first-order valence-electron chi connectivity index (χ1n) is 6.28. The summed E-state index contributed by atoms with van der Waals surface area (Å²) < 4.78 is 0. The van der Waals surface area contributed by atoms with Gasteiger partial charge in [-0.1, -0.05) is 6.07 Å². The van der Waals surface area contributed by atoms with Gasteiger partial charge < -0.3 is 5.32 Å². The number of amides is 1. The molecule has 1 aliphatic rings. The molecule has 1 aromatic carbocycles. The molecule has 0 aliphatic carbocycles. The Labute approximate surface area is 113 Å². The van der Waals surface area contributed by atoms with Gasteiger partial charge in [0.25, 0.3) is 0 Å². The molecule has 1 heterocycles. The zero-order chi connectivity index (χ0) is 13.3. The highest BCUT2D eigenvalue weighted by molar-refractivity contribution is 8.00. The van der Waals surface area contributed by atoms with Crippen molar-refractivity contribution in [3.05, 3.63) is 23.8 Å². The summed E-state index contributed by atoms with van der Waals surface area (Å²) in [5.41, 5.74) is 2.19. The van der Waals surface area contributed by atoms with Gasteiger partial charge in [0.2, 0.25) is 5.91 Å². The number of hydrogen-bond donors (Lipinski definition) is 1. The van der Waals surface area contributed by atoms with Crippen LogP contribution in [-0.4, -0.2) is 29.1 Å². The number of nitrogens with one attached hydrogen (secondary N) is 1. The first kappa shape index (κ1) is 13.4. The van der Waals surface area contributed by atoms with Crippen molar-refractivity contribution in [2.24, 2.45) is 0 Å². The van der Waals surface area contributed by atoms with Gasteiger partial charge in [-0.15, -0.1) is 11.8 Å². The second-order valence-electron chi connectivity index (χ2n) is 5.09. The molecule has 0 radical (unpaired) electrons. The predicted octanol–water partition coefficient (Wildman–Crippen LogP) is 2.96. The van der Waals surface area contributed by atoms with Crippen molar-refractivity contribution >= 4 is 23.4 Å². The molecule has 0 bridgehead atoms. The number of hydrogen-bond acceptors (Lipinski definition) is 3. The second kappa shape index (κ2) is 5.33. The Kier molecular flexibility index (Phi) is 3.97. The molecule has 1 unspecified atom stereocenters. The minimum atomic E-state index is 0.00156. The van der Waals surface area contributed by atoms with E-state index in [4.69, 9.17) is 0 Å². The smallest absolute Gasteiger partial charge is 0.237 e. The van der Waals surface area contributed by atoms with Crippen molar-refractivity contribution < 1.29 is 4.79 Å². The highest BCUT2D eigenvalue weighted by Gasteiger charge is 2.23. The van der Waals surface area contributed by atoms with E-state index in [0.717, 1.165) is 17.1 Å². The van der Waals surface area contributed by atoms with E-state index in [9.17, 15) is 4.79 Å². The normalized spacial score (nSPS) is 19.0. The first-order valence-corrected chi connectivity index (χ1v) is 7.16. The van der Waals surface area contributed by atoms with E-state index in [1.807, 2.05) is 6.92 Å². The summed E-state index contributed by atoms with van der Waals surface area (Å²) in [6.07, 6.45) is 0. The van der Waals surface area contributed by atoms with E-state index >= 15 is 0 Å². The summed E-state index contributed by atoms with van der Waals surface area (Å²) >= 11 is 1.63. The Morgan fingerprint density at radius 2 is 2.17 bits per heavy atom. The van der Waals surface area contributed by atoms with Gasteiger partial charge in [-0.25, -0.2) is 0 Å². The lowest BCUT2D eigenvalue weighted by Gasteiger charge is -2.24. The highest BCUT2D eigenvalue weighted by atomic mass is 32.2. The summed E-state index contributed by atoms with van der Waals surface area (Å²) in [7, 11) is 2.11. The summed E-state index contributed by atoms with van der Waals surface area (Å²) in [5.74, 6) is 0.0989. The number of fused-ring (bicyclic) bond motifs is 1. The van der Waals surface area contributed by atoms with Crippen LogP contribution in [0.3, 0.4) is 0 Å². The van der Waals surface area contributed by atoms with Crippen molar-refractivity contribution in [2.45, 2.75) is 43.5 Å². The average Bonchev–Trinajstić information content (AvgIpc) is 2.31. The van der Waals surface area contributed by atoms with Crippen molar-refractivity contribution in [3.8, 4) is 0 Å². The molecule has 1 aromatic rings. The summed E-state index contributed by atoms with van der Waals surface area (Å²) in [6.45, 7) is 7.19. The van der Waals surface area contributed by atoms with E-state index in [1.54, 1.807) is 11.8 Å². The molecule has 1 aliphatic heterocycles. The van der Waals surface area contributed by atoms with Gasteiger partial charge >= 0.3 is 0 Å². The minimum Gasteiger partial charge on any atom is -0.324 e. The highest BCUT2D eigenvalue weighted by Crippen LogP contribution is 2.36. The van der Waals surface area contributed by atoms with Crippen LogP contribution < -0.4 is 5.32 Å². The molecule has 0 saturated heterocycles. The van der Waals surface area contributed by atoms with E-state index in [2.05, 4.69) is 49.3 Å². The first-order chi connectivity index (χ1) is 8.47. The quantitative estimate of drug-likeness (QED) is 0.911. The van der Waals surface area contributed by atoms with Crippen LogP contribution in [0.2, 0.25) is 0 Å². The van der Waals surface area contributed by atoms with E-state index in [0.29, 0.717) is 6.04 Å². The van der Waals surface area contributed by atoms with Crippen LogP contribution in [0.1, 0.15) is 26.3 Å². The SMILES string of the molecule is CC1Sc2ccc(CN(C)C(C)C)cc2NC1=O. The van der Waals surface area contributed by atoms with Crippen LogP contribution in [0, 0.1) is 0 Å². The Balaban J connectivity index is 2.17. The van der Waals surface area contributed by atoms with Crippen LogP contribution in [0.25, 0.3) is 0 Å². The fourth-order valence-electron chi connectivity index (χ4n) is 1.82. The Morgan fingerprint density at radius 1 is 1.44 bits per heavy atom. The Morgan fingerprint density at radius 3 is 2.83 bits per heavy atom. The lowest BCUT2D eigenvalue weighted by atomic mass is 10.1. The maximum atomic E-state index is 11.7. The summed E-state index contributed by atoms with van der Waals surface area (Å²) in [6, 6.07) is 6.87. The van der Waals surface area contributed by atoms with Crippen molar-refractivity contribution in [2.75, 3.05) is 12.4 Å². The number of rotatable bonds is 3. The zero-order valence-electron chi connectivity index (χ0n) is 11.4. The maximum absolute atomic E-state index is 11.7. The molecule has 0 saturated carbocycles. The van der Waals surface area contributed by atoms with E-state index in [1.165, 1.54) is 5.56 Å². The summed E-state index contributed by atoms with van der Waals surface area (Å²) in [4.78, 5) is 15.1. The van der Waals surface area contributed by atoms with Crippen LogP contribution in [0.15, 0.2) is 23.1 Å². The number of carbonyl (C=O) groups is 1. The molecule has 18 heavy (non-hydrogen) atoms. The van der Waals surface area contributed by atoms with Crippen molar-refractivity contribution in [1.82, 2.24) is 4.90 Å². The summed E-state index contributed by atoms with van der Waals surface area (Å²) in [5, 5.41) is 2.98. The minimum absolute atomic E-state index is 0.00156. The second-order valence-corrected chi connectivity index (χ2v) is 6.47. The number of thioether (sulfide) groups is 1. The largest absolute Gasteiger partial charge is 0.324 e. The third kappa shape index (κ3) is 2.87. The fraction of sp³-hybridized carbons (Fsp3) is 0.500. The maximum Gasteiger partial charge on any atom is 0.237 e. The van der Waals surface area contributed by atoms with Crippen molar-refractivity contribution in [1.29, 1.82) is 0 Å². The predicted molar refractivity (Wildman–Crippen MR) is 77.0 cm³/mol. The van der Waals surface area contributed by atoms with Gasteiger partial charge in [0.1, 0.15) is 0 Å². The van der Waals surface area contributed by atoms with Crippen LogP contribution >= 0.6 is 11.8 Å². The molecular weight excluding hydrogens is 244 g/mol. The third-order valence-corrected chi connectivity index (χ3v) is 4.47. The number of nitrogens with zero attached hydrogens (tertiary/aromatic N) is 1. The molecule has 98 valence electrons. The molecular formula is C14H20N2OS. The van der Waals surface area contributed by atoms with Crippen LogP contribution in [0.5, 0.6) is 0 Å².